The Morgan fingerprint density at radius 3 is 1.48 bits per heavy atom. The third-order valence-electron chi connectivity index (χ3n) is 9.64. The molecule has 3 atom stereocenters. The van der Waals surface area contributed by atoms with Crippen LogP contribution in [0.3, 0.4) is 0 Å². The average molecular weight is 735 g/mol. The molecule has 0 spiro atoms. The number of aliphatic hydroxyl groups is 3. The molecule has 52 heavy (non-hydrogen) atoms. The van der Waals surface area contributed by atoms with E-state index in [2.05, 4.69) is 38.2 Å². The molecule has 0 aliphatic carbocycles. The molecule has 0 fully saturated rings. The first-order valence-electron chi connectivity index (χ1n) is 21.7. The molecule has 7 heteroatoms. The van der Waals surface area contributed by atoms with Gasteiger partial charge in [0.15, 0.2) is 6.10 Å². The Hall–Kier alpha value is -1.96. The Balaban J connectivity index is 3.73. The number of carbonyl (C=O) groups is 2. The number of aliphatic hydroxyl groups excluding tert-OH is 3. The number of carbonyl (C=O) groups excluding carboxylic acids is 2. The van der Waals surface area contributed by atoms with E-state index in [4.69, 9.17) is 9.47 Å². The zero-order valence-electron chi connectivity index (χ0n) is 33.8. The molecule has 0 bridgehead atoms. The van der Waals surface area contributed by atoms with Gasteiger partial charge in [0.25, 0.3) is 0 Å². The Morgan fingerprint density at radius 2 is 0.962 bits per heavy atom. The lowest BCUT2D eigenvalue weighted by Gasteiger charge is -2.17. The van der Waals surface area contributed by atoms with E-state index in [9.17, 15) is 24.9 Å². The molecule has 0 saturated heterocycles. The second kappa shape index (κ2) is 40.2. The maximum Gasteiger partial charge on any atom is 0.306 e. The molecule has 3 N–H and O–H groups in total. The highest BCUT2D eigenvalue weighted by Crippen LogP contribution is 2.15. The van der Waals surface area contributed by atoms with Crippen LogP contribution in [0, 0.1) is 0 Å². The summed E-state index contributed by atoms with van der Waals surface area (Å²) in [6.45, 7) is 3.88. The molecule has 7 nitrogen and oxygen atoms in total. The predicted octanol–water partition coefficient (Wildman–Crippen LogP) is 11.6. The molecule has 0 aromatic rings. The van der Waals surface area contributed by atoms with E-state index in [1.165, 1.54) is 122 Å². The lowest BCUT2D eigenvalue weighted by Crippen LogP contribution is -2.29. The molecule has 0 rings (SSSR count). The first-order valence-corrected chi connectivity index (χ1v) is 21.7. The van der Waals surface area contributed by atoms with Crippen molar-refractivity contribution >= 4 is 11.9 Å². The molecule has 0 heterocycles. The highest BCUT2D eigenvalue weighted by Gasteiger charge is 2.18. The van der Waals surface area contributed by atoms with Gasteiger partial charge in [0.1, 0.15) is 6.61 Å². The second-order valence-electron chi connectivity index (χ2n) is 14.7. The number of ether oxygens (including phenoxy) is 2. The monoisotopic (exact) mass is 735 g/mol. The molecule has 0 aromatic heterocycles. The van der Waals surface area contributed by atoms with Gasteiger partial charge in [-0.15, -0.1) is 0 Å². The minimum absolute atomic E-state index is 0.0429. The van der Waals surface area contributed by atoms with E-state index < -0.39 is 30.9 Å². The zero-order chi connectivity index (χ0) is 38.2. The van der Waals surface area contributed by atoms with Crippen molar-refractivity contribution in [1.29, 1.82) is 0 Å². The van der Waals surface area contributed by atoms with Gasteiger partial charge < -0.3 is 24.8 Å². The number of esters is 2. The van der Waals surface area contributed by atoms with Gasteiger partial charge in [-0.3, -0.25) is 9.59 Å². The Bertz CT molecular complexity index is 868. The summed E-state index contributed by atoms with van der Waals surface area (Å²) in [6.07, 6.45) is 42.4. The Morgan fingerprint density at radius 1 is 0.519 bits per heavy atom. The van der Waals surface area contributed by atoms with Crippen molar-refractivity contribution in [3.8, 4) is 0 Å². The van der Waals surface area contributed by atoms with Crippen molar-refractivity contribution in [2.75, 3.05) is 13.2 Å². The number of rotatable bonds is 39. The van der Waals surface area contributed by atoms with Gasteiger partial charge in [-0.05, 0) is 51.4 Å². The van der Waals surface area contributed by atoms with Gasteiger partial charge in [0.2, 0.25) is 0 Å². The van der Waals surface area contributed by atoms with Crippen LogP contribution in [0.5, 0.6) is 0 Å². The summed E-state index contributed by atoms with van der Waals surface area (Å²) in [4.78, 5) is 24.4. The van der Waals surface area contributed by atoms with E-state index in [-0.39, 0.29) is 25.4 Å². The molecule has 0 aliphatic heterocycles. The van der Waals surface area contributed by atoms with Gasteiger partial charge in [-0.2, -0.15) is 0 Å². The number of hydrogen-bond acceptors (Lipinski definition) is 7. The van der Waals surface area contributed by atoms with Crippen LogP contribution in [0.1, 0.15) is 206 Å². The van der Waals surface area contributed by atoms with Crippen LogP contribution in [0.15, 0.2) is 36.5 Å². The molecule has 0 amide bonds. The summed E-state index contributed by atoms with van der Waals surface area (Å²) in [7, 11) is 0. The van der Waals surface area contributed by atoms with E-state index in [0.717, 1.165) is 38.5 Å². The van der Waals surface area contributed by atoms with Gasteiger partial charge in [-0.1, -0.05) is 179 Å². The highest BCUT2D eigenvalue weighted by atomic mass is 16.6. The van der Waals surface area contributed by atoms with Gasteiger partial charge in [-0.25, -0.2) is 0 Å². The van der Waals surface area contributed by atoms with Crippen LogP contribution in [0.4, 0.5) is 0 Å². The minimum atomic E-state index is -0.940. The number of unbranched alkanes of at least 4 members (excludes halogenated alkanes) is 21. The molecule has 0 aliphatic rings. The van der Waals surface area contributed by atoms with Gasteiger partial charge in [0, 0.05) is 12.8 Å². The molecular weight excluding hydrogens is 652 g/mol. The summed E-state index contributed by atoms with van der Waals surface area (Å²) in [5, 5.41) is 30.1. The van der Waals surface area contributed by atoms with Crippen LogP contribution >= 0.6 is 0 Å². The van der Waals surface area contributed by atoms with Crippen LogP contribution in [0.2, 0.25) is 0 Å². The fourth-order valence-electron chi connectivity index (χ4n) is 6.19. The van der Waals surface area contributed by atoms with E-state index in [0.29, 0.717) is 19.3 Å². The van der Waals surface area contributed by atoms with Crippen molar-refractivity contribution in [3.05, 3.63) is 36.5 Å². The lowest BCUT2D eigenvalue weighted by molar-refractivity contribution is -0.161. The fraction of sp³-hybridized carbons (Fsp3) is 0.822. The van der Waals surface area contributed by atoms with Crippen LogP contribution < -0.4 is 0 Å². The van der Waals surface area contributed by atoms with Crippen molar-refractivity contribution in [2.45, 2.75) is 225 Å². The second-order valence-corrected chi connectivity index (χ2v) is 14.7. The van der Waals surface area contributed by atoms with Crippen molar-refractivity contribution in [3.63, 3.8) is 0 Å². The Kier molecular flexibility index (Phi) is 38.7. The van der Waals surface area contributed by atoms with Crippen LogP contribution in [-0.4, -0.2) is 58.8 Å². The van der Waals surface area contributed by atoms with Crippen molar-refractivity contribution < 1.29 is 34.4 Å². The van der Waals surface area contributed by atoms with Gasteiger partial charge in [0.05, 0.1) is 18.8 Å². The van der Waals surface area contributed by atoms with E-state index in [1.807, 2.05) is 12.2 Å². The largest absolute Gasteiger partial charge is 0.462 e. The van der Waals surface area contributed by atoms with Gasteiger partial charge >= 0.3 is 11.9 Å². The SMILES string of the molecule is CCCCC/C=C\C/C=C\C/C=C\CC(O)C(O)CCCC(=O)O[C@@H](CO)COC(=O)CCCCCCCCCCCCCCCCCCCCC. The highest BCUT2D eigenvalue weighted by molar-refractivity contribution is 5.70. The number of hydrogen-bond donors (Lipinski definition) is 3. The molecular formula is C45H82O7. The molecule has 0 aromatic carbocycles. The first kappa shape index (κ1) is 50.0. The maximum absolute atomic E-state index is 12.2. The molecule has 2 unspecified atom stereocenters. The predicted molar refractivity (Wildman–Crippen MR) is 217 cm³/mol. The molecule has 304 valence electrons. The van der Waals surface area contributed by atoms with Crippen LogP contribution in [0.25, 0.3) is 0 Å². The summed E-state index contributed by atoms with van der Waals surface area (Å²) in [5.74, 6) is -0.868. The summed E-state index contributed by atoms with van der Waals surface area (Å²) >= 11 is 0. The normalized spacial score (nSPS) is 13.7. The molecule has 0 saturated carbocycles. The first-order chi connectivity index (χ1) is 25.4. The van der Waals surface area contributed by atoms with E-state index >= 15 is 0 Å². The third-order valence-corrected chi connectivity index (χ3v) is 9.64. The van der Waals surface area contributed by atoms with Crippen LogP contribution in [-0.2, 0) is 19.1 Å². The van der Waals surface area contributed by atoms with E-state index in [1.54, 1.807) is 0 Å². The standard InChI is InChI=1S/C45H82O7/c1-3-5-7-9-11-13-15-17-18-19-20-21-22-23-25-27-29-31-33-37-44(49)51-40-41(39-46)52-45(50)38-34-36-43(48)42(47)35-32-30-28-26-24-16-14-12-10-8-6-4-2/h12,14,24,26,30,32,41-43,46-48H,3-11,13,15-23,25,27-29,31,33-40H2,1-2H3/b14-12-,26-24-,32-30-/t41-,42?,43?/m0/s1. The lowest BCUT2D eigenvalue weighted by atomic mass is 10.0. The average Bonchev–Trinajstić information content (AvgIpc) is 3.14. The molecule has 0 radical (unpaired) electrons. The third kappa shape index (κ3) is 36.4. The quantitative estimate of drug-likeness (QED) is 0.0327. The zero-order valence-corrected chi connectivity index (χ0v) is 33.8. The van der Waals surface area contributed by atoms with Crippen molar-refractivity contribution in [2.24, 2.45) is 0 Å². The topological polar surface area (TPSA) is 113 Å². The maximum atomic E-state index is 12.2. The summed E-state index contributed by atoms with van der Waals surface area (Å²) in [6, 6.07) is 0. The van der Waals surface area contributed by atoms with Crippen molar-refractivity contribution in [1.82, 2.24) is 0 Å². The fourth-order valence-corrected chi connectivity index (χ4v) is 6.19. The minimum Gasteiger partial charge on any atom is -0.462 e. The smallest absolute Gasteiger partial charge is 0.306 e. The Labute approximate surface area is 320 Å². The summed E-state index contributed by atoms with van der Waals surface area (Å²) in [5.41, 5.74) is 0. The summed E-state index contributed by atoms with van der Waals surface area (Å²) < 4.78 is 10.5. The number of allylic oxidation sites excluding steroid dienone is 5.